The van der Waals surface area contributed by atoms with Gasteiger partial charge in [0.2, 0.25) is 15.9 Å². The Balaban J connectivity index is 1.60. The Bertz CT molecular complexity index is 911. The number of benzene rings is 2. The zero-order chi connectivity index (χ0) is 19.6. The zero-order valence-electron chi connectivity index (χ0n) is 15.9. The van der Waals surface area contributed by atoms with Gasteiger partial charge < -0.3 is 4.90 Å². The van der Waals surface area contributed by atoms with E-state index in [4.69, 9.17) is 0 Å². The molecule has 148 valence electrons. The maximum Gasteiger partial charge on any atom is 0.243 e. The van der Waals surface area contributed by atoms with Crippen LogP contribution in [0.5, 0.6) is 0 Å². The Labute approximate surface area is 167 Å². The van der Waals surface area contributed by atoms with Crippen molar-refractivity contribution in [2.45, 2.75) is 55.6 Å². The van der Waals surface area contributed by atoms with Crippen molar-refractivity contribution in [3.05, 3.63) is 66.2 Å². The number of rotatable bonds is 6. The lowest BCUT2D eigenvalue weighted by atomic mass is 10.0. The van der Waals surface area contributed by atoms with Crippen molar-refractivity contribution in [3.63, 3.8) is 0 Å². The zero-order valence-corrected chi connectivity index (χ0v) is 16.7. The van der Waals surface area contributed by atoms with Crippen LogP contribution < -0.4 is 0 Å². The van der Waals surface area contributed by atoms with Gasteiger partial charge in [0.15, 0.2) is 0 Å². The molecule has 2 aliphatic rings. The number of amides is 1. The molecule has 1 aliphatic carbocycles. The minimum absolute atomic E-state index is 0.0504. The number of sulfonamides is 1. The average Bonchev–Trinajstić information content (AvgIpc) is 3.58. The summed E-state index contributed by atoms with van der Waals surface area (Å²) in [7, 11) is -3.68. The van der Waals surface area contributed by atoms with Crippen LogP contribution in [0.1, 0.15) is 37.7 Å². The van der Waals surface area contributed by atoms with Crippen molar-refractivity contribution in [2.75, 3.05) is 6.54 Å². The summed E-state index contributed by atoms with van der Waals surface area (Å²) < 4.78 is 27.9. The lowest BCUT2D eigenvalue weighted by molar-refractivity contribution is -0.137. The second kappa shape index (κ2) is 8.05. The molecule has 2 fully saturated rings. The number of carbonyl (C=O) groups is 1. The van der Waals surface area contributed by atoms with Gasteiger partial charge in [0.1, 0.15) is 6.04 Å². The highest BCUT2D eigenvalue weighted by Crippen LogP contribution is 2.33. The molecule has 1 heterocycles. The van der Waals surface area contributed by atoms with Crippen molar-refractivity contribution < 1.29 is 13.2 Å². The van der Waals surface area contributed by atoms with E-state index >= 15 is 0 Å². The normalized spacial score (nSPS) is 20.6. The van der Waals surface area contributed by atoms with Crippen LogP contribution >= 0.6 is 0 Å². The topological polar surface area (TPSA) is 57.7 Å². The van der Waals surface area contributed by atoms with E-state index in [0.717, 1.165) is 31.2 Å². The number of hydrogen-bond acceptors (Lipinski definition) is 3. The molecular weight excluding hydrogens is 372 g/mol. The summed E-state index contributed by atoms with van der Waals surface area (Å²) in [6, 6.07) is 18.0. The Morgan fingerprint density at radius 1 is 0.929 bits per heavy atom. The molecule has 1 saturated heterocycles. The summed E-state index contributed by atoms with van der Waals surface area (Å²) in [4.78, 5) is 15.7. The second-order valence-corrected chi connectivity index (χ2v) is 9.51. The van der Waals surface area contributed by atoms with Gasteiger partial charge in [-0.1, -0.05) is 55.0 Å². The fourth-order valence-electron chi connectivity index (χ4n) is 3.91. The fourth-order valence-corrected chi connectivity index (χ4v) is 5.58. The summed E-state index contributed by atoms with van der Waals surface area (Å²) in [5.74, 6) is -0.0504. The van der Waals surface area contributed by atoms with Crippen molar-refractivity contribution in [1.29, 1.82) is 0 Å². The van der Waals surface area contributed by atoms with Crippen LogP contribution in [0, 0.1) is 0 Å². The number of piperidine rings is 1. The summed E-state index contributed by atoms with van der Waals surface area (Å²) in [5.41, 5.74) is 1.08. The first-order valence-corrected chi connectivity index (χ1v) is 11.4. The molecule has 1 saturated carbocycles. The third kappa shape index (κ3) is 3.98. The van der Waals surface area contributed by atoms with Crippen molar-refractivity contribution in [1.82, 2.24) is 9.21 Å². The highest BCUT2D eigenvalue weighted by Gasteiger charge is 2.42. The second-order valence-electron chi connectivity index (χ2n) is 7.62. The Morgan fingerprint density at radius 2 is 1.57 bits per heavy atom. The van der Waals surface area contributed by atoms with Crippen LogP contribution in [0.15, 0.2) is 65.6 Å². The molecule has 5 nitrogen and oxygen atoms in total. The summed E-state index contributed by atoms with van der Waals surface area (Å²) >= 11 is 0. The first kappa shape index (κ1) is 19.2. The highest BCUT2D eigenvalue weighted by molar-refractivity contribution is 7.89. The SMILES string of the molecule is O=C(C1CCCCN1S(=O)(=O)c1ccccc1)N(Cc1ccccc1)C1CC1. The van der Waals surface area contributed by atoms with Gasteiger partial charge in [-0.15, -0.1) is 0 Å². The third-order valence-corrected chi connectivity index (χ3v) is 7.48. The molecule has 0 spiro atoms. The van der Waals surface area contributed by atoms with Gasteiger partial charge in [0, 0.05) is 19.1 Å². The van der Waals surface area contributed by atoms with Gasteiger partial charge in [0.25, 0.3) is 0 Å². The van der Waals surface area contributed by atoms with E-state index in [-0.39, 0.29) is 16.8 Å². The number of nitrogens with zero attached hydrogens (tertiary/aromatic N) is 2. The maximum absolute atomic E-state index is 13.5. The van der Waals surface area contributed by atoms with E-state index in [9.17, 15) is 13.2 Å². The first-order valence-electron chi connectivity index (χ1n) is 9.98. The lowest BCUT2D eigenvalue weighted by Crippen LogP contribution is -2.53. The minimum Gasteiger partial charge on any atom is -0.334 e. The van der Waals surface area contributed by atoms with Crippen LogP contribution in [0.25, 0.3) is 0 Å². The van der Waals surface area contributed by atoms with Crippen molar-refractivity contribution in [3.8, 4) is 0 Å². The molecule has 1 atom stereocenters. The molecule has 2 aromatic rings. The molecule has 28 heavy (non-hydrogen) atoms. The predicted molar refractivity (Wildman–Crippen MR) is 108 cm³/mol. The van der Waals surface area contributed by atoms with Crippen molar-refractivity contribution in [2.24, 2.45) is 0 Å². The Hall–Kier alpha value is -2.18. The number of carbonyl (C=O) groups excluding carboxylic acids is 1. The summed E-state index contributed by atoms with van der Waals surface area (Å²) in [6.45, 7) is 0.942. The molecule has 1 aliphatic heterocycles. The Kier molecular flexibility index (Phi) is 5.51. The summed E-state index contributed by atoms with van der Waals surface area (Å²) in [5, 5.41) is 0. The molecule has 0 radical (unpaired) electrons. The molecule has 1 unspecified atom stereocenters. The molecule has 0 N–H and O–H groups in total. The van der Waals surface area contributed by atoms with Gasteiger partial charge in [-0.3, -0.25) is 4.79 Å². The molecule has 6 heteroatoms. The minimum atomic E-state index is -3.68. The summed E-state index contributed by atoms with van der Waals surface area (Å²) in [6.07, 6.45) is 4.25. The van der Waals surface area contributed by atoms with Crippen LogP contribution in [-0.2, 0) is 21.4 Å². The molecule has 0 aromatic heterocycles. The first-order chi connectivity index (χ1) is 13.6. The van der Waals surface area contributed by atoms with E-state index in [2.05, 4.69) is 0 Å². The lowest BCUT2D eigenvalue weighted by Gasteiger charge is -2.37. The van der Waals surface area contributed by atoms with E-state index < -0.39 is 16.1 Å². The monoisotopic (exact) mass is 398 g/mol. The van der Waals surface area contributed by atoms with Crippen LogP contribution in [0.3, 0.4) is 0 Å². The van der Waals surface area contributed by atoms with Crippen LogP contribution in [0.2, 0.25) is 0 Å². The molecule has 1 amide bonds. The third-order valence-electron chi connectivity index (χ3n) is 5.56. The fraction of sp³-hybridized carbons (Fsp3) is 0.409. The van der Waals surface area contributed by atoms with E-state index in [1.165, 1.54) is 4.31 Å². The van der Waals surface area contributed by atoms with E-state index in [1.807, 2.05) is 35.2 Å². The molecule has 4 rings (SSSR count). The van der Waals surface area contributed by atoms with E-state index in [0.29, 0.717) is 19.5 Å². The molecular formula is C22H26N2O3S. The Morgan fingerprint density at radius 3 is 2.21 bits per heavy atom. The smallest absolute Gasteiger partial charge is 0.243 e. The van der Waals surface area contributed by atoms with Gasteiger partial charge in [0.05, 0.1) is 4.90 Å². The molecule has 0 bridgehead atoms. The van der Waals surface area contributed by atoms with Gasteiger partial charge in [-0.2, -0.15) is 4.31 Å². The van der Waals surface area contributed by atoms with Gasteiger partial charge in [-0.05, 0) is 43.4 Å². The van der Waals surface area contributed by atoms with Crippen molar-refractivity contribution >= 4 is 15.9 Å². The van der Waals surface area contributed by atoms with Gasteiger partial charge in [-0.25, -0.2) is 8.42 Å². The quantitative estimate of drug-likeness (QED) is 0.749. The maximum atomic E-state index is 13.5. The average molecular weight is 399 g/mol. The van der Waals surface area contributed by atoms with Gasteiger partial charge >= 0.3 is 0 Å². The highest BCUT2D eigenvalue weighted by atomic mass is 32.2. The predicted octanol–water partition coefficient (Wildman–Crippen LogP) is 3.42. The standard InChI is InChI=1S/C22H26N2O3S/c25-22(23(19-14-15-19)17-18-9-3-1-4-10-18)21-13-7-8-16-24(21)28(26,27)20-11-5-2-6-12-20/h1-6,9-12,19,21H,7-8,13-17H2. The largest absolute Gasteiger partial charge is 0.334 e. The van der Waals surface area contributed by atoms with E-state index in [1.54, 1.807) is 30.3 Å². The van der Waals surface area contributed by atoms with Crippen LogP contribution in [-0.4, -0.2) is 42.2 Å². The number of hydrogen-bond donors (Lipinski definition) is 0. The molecule has 2 aromatic carbocycles. The van der Waals surface area contributed by atoms with Crippen LogP contribution in [0.4, 0.5) is 0 Å².